The molecule has 0 aliphatic carbocycles. The number of halogens is 3. The predicted molar refractivity (Wildman–Crippen MR) is 61.1 cm³/mol. The molecule has 70 valence electrons. The van der Waals surface area contributed by atoms with E-state index < -0.39 is 0 Å². The molecule has 0 N–H and O–H groups in total. The summed E-state index contributed by atoms with van der Waals surface area (Å²) >= 11 is 18.1. The molecule has 0 radical (unpaired) electrons. The Morgan fingerprint density at radius 1 is 1.08 bits per heavy atom. The molecule has 0 aliphatic rings. The molecule has 0 atom stereocenters. The lowest BCUT2D eigenvalue weighted by Crippen LogP contribution is -1.84. The van der Waals surface area contributed by atoms with Crippen molar-refractivity contribution in [2.24, 2.45) is 0 Å². The summed E-state index contributed by atoms with van der Waals surface area (Å²) in [6, 6.07) is 0. The van der Waals surface area contributed by atoms with Crippen LogP contribution in [0.4, 0.5) is 0 Å². The molecule has 0 unspecified atom stereocenters. The molecule has 0 fully saturated rings. The Hall–Kier alpha value is 0.700. The Labute approximate surface area is 92.9 Å². The molecule has 0 aromatic rings. The summed E-state index contributed by atoms with van der Waals surface area (Å²) in [4.78, 5) is 0. The van der Waals surface area contributed by atoms with Crippen molar-refractivity contribution in [1.29, 1.82) is 0 Å². The first kappa shape index (κ1) is 12.7. The Morgan fingerprint density at radius 2 is 1.58 bits per heavy atom. The van der Waals surface area contributed by atoms with Gasteiger partial charge >= 0.3 is 0 Å². The van der Waals surface area contributed by atoms with E-state index in [-0.39, 0.29) is 4.49 Å². The summed E-state index contributed by atoms with van der Waals surface area (Å²) in [6.45, 7) is 6.19. The Morgan fingerprint density at radius 3 is 1.92 bits per heavy atom. The van der Waals surface area contributed by atoms with Crippen molar-refractivity contribution in [3.05, 3.63) is 20.0 Å². The van der Waals surface area contributed by atoms with E-state index in [0.717, 1.165) is 5.75 Å². The fraction of sp³-hybridized carbons (Fsp3) is 0.500. The summed E-state index contributed by atoms with van der Waals surface area (Å²) in [7, 11) is 0. The van der Waals surface area contributed by atoms with Crippen molar-refractivity contribution in [2.45, 2.75) is 20.8 Å². The van der Waals surface area contributed by atoms with Gasteiger partial charge in [0.05, 0.1) is 0 Å². The van der Waals surface area contributed by atoms with E-state index in [0.29, 0.717) is 4.36 Å². The fourth-order valence-electron chi connectivity index (χ4n) is 0.371. The maximum Gasteiger partial charge on any atom is 0.131 e. The second kappa shape index (κ2) is 6.20. The van der Waals surface area contributed by atoms with Crippen molar-refractivity contribution in [2.75, 3.05) is 5.75 Å². The highest BCUT2D eigenvalue weighted by Gasteiger charge is 2.00. The van der Waals surface area contributed by atoms with Crippen LogP contribution in [0, 0.1) is 0 Å². The van der Waals surface area contributed by atoms with E-state index in [9.17, 15) is 0 Å². The van der Waals surface area contributed by atoms with Crippen LogP contribution < -0.4 is 0 Å². The topological polar surface area (TPSA) is 0 Å². The number of thioether (sulfide) groups is 1. The van der Waals surface area contributed by atoms with Gasteiger partial charge in [0.15, 0.2) is 0 Å². The minimum absolute atomic E-state index is 0.142. The van der Waals surface area contributed by atoms with Gasteiger partial charge in [-0.05, 0) is 20.8 Å². The summed E-state index contributed by atoms with van der Waals surface area (Å²) in [6.07, 6.45) is 0. The van der Waals surface area contributed by atoms with Crippen molar-refractivity contribution in [1.82, 2.24) is 0 Å². The largest absolute Gasteiger partial charge is 0.131 e. The van der Waals surface area contributed by atoms with Gasteiger partial charge < -0.3 is 0 Å². The van der Waals surface area contributed by atoms with Crippen LogP contribution in [-0.4, -0.2) is 5.75 Å². The van der Waals surface area contributed by atoms with Crippen LogP contribution >= 0.6 is 46.6 Å². The van der Waals surface area contributed by atoms with E-state index >= 15 is 0 Å². The minimum atomic E-state index is 0.142. The van der Waals surface area contributed by atoms with E-state index in [1.165, 1.54) is 22.9 Å². The van der Waals surface area contributed by atoms with Gasteiger partial charge in [0.1, 0.15) is 8.86 Å². The van der Waals surface area contributed by atoms with Crippen molar-refractivity contribution >= 4 is 46.6 Å². The molecule has 0 spiro atoms. The third-order valence-corrected chi connectivity index (χ3v) is 3.76. The lowest BCUT2D eigenvalue weighted by atomic mass is 10.2. The highest BCUT2D eigenvalue weighted by molar-refractivity contribution is 8.04. The second-order valence-corrected chi connectivity index (χ2v) is 5.14. The Balaban J connectivity index is 4.03. The van der Waals surface area contributed by atoms with Crippen LogP contribution in [0.1, 0.15) is 20.8 Å². The molecule has 0 aromatic heterocycles. The van der Waals surface area contributed by atoms with Crippen LogP contribution in [0.3, 0.4) is 0 Å². The van der Waals surface area contributed by atoms with Crippen LogP contribution in [0.5, 0.6) is 0 Å². The smallest absolute Gasteiger partial charge is 0.107 e. The standard InChI is InChI=1S/C8H11Cl3S/c1-5(2)6(3)4-12-8(11)7(9)10/h4H2,1-3H3. The third-order valence-electron chi connectivity index (χ3n) is 1.42. The van der Waals surface area contributed by atoms with Crippen LogP contribution in [0.2, 0.25) is 0 Å². The zero-order chi connectivity index (χ0) is 9.72. The predicted octanol–water partition coefficient (Wildman–Crippen LogP) is 4.92. The molecule has 0 aromatic carbocycles. The van der Waals surface area contributed by atoms with Crippen LogP contribution in [0.15, 0.2) is 20.0 Å². The summed E-state index contributed by atoms with van der Waals surface area (Å²) in [5, 5.41) is 0. The number of hydrogen-bond acceptors (Lipinski definition) is 1. The highest BCUT2D eigenvalue weighted by Crippen LogP contribution is 2.30. The van der Waals surface area contributed by atoms with E-state index in [4.69, 9.17) is 34.8 Å². The average molecular weight is 246 g/mol. The maximum atomic E-state index is 5.72. The van der Waals surface area contributed by atoms with Gasteiger partial charge in [-0.2, -0.15) is 0 Å². The maximum absolute atomic E-state index is 5.72. The third kappa shape index (κ3) is 5.36. The molecule has 0 rings (SSSR count). The monoisotopic (exact) mass is 244 g/mol. The minimum Gasteiger partial charge on any atom is -0.107 e. The SMILES string of the molecule is CC(C)=C(C)CSC(Cl)=C(Cl)Cl. The molecular weight excluding hydrogens is 235 g/mol. The first-order chi connectivity index (χ1) is 5.45. The molecule has 0 heterocycles. The summed E-state index contributed by atoms with van der Waals surface area (Å²) < 4.78 is 0.599. The van der Waals surface area contributed by atoms with Gasteiger partial charge in [0, 0.05) is 5.75 Å². The van der Waals surface area contributed by atoms with Gasteiger partial charge in [-0.25, -0.2) is 0 Å². The first-order valence-corrected chi connectivity index (χ1v) is 5.53. The van der Waals surface area contributed by atoms with Crippen molar-refractivity contribution in [3.8, 4) is 0 Å². The number of allylic oxidation sites excluding steroid dienone is 1. The molecule has 0 saturated heterocycles. The fourth-order valence-corrected chi connectivity index (χ4v) is 1.60. The van der Waals surface area contributed by atoms with E-state index in [1.807, 2.05) is 0 Å². The summed E-state index contributed by atoms with van der Waals surface area (Å²) in [5.74, 6) is 0.837. The molecule has 0 bridgehead atoms. The van der Waals surface area contributed by atoms with Gasteiger partial charge in [-0.3, -0.25) is 0 Å². The van der Waals surface area contributed by atoms with Gasteiger partial charge in [0.2, 0.25) is 0 Å². The Kier molecular flexibility index (Phi) is 6.56. The van der Waals surface area contributed by atoms with E-state index in [1.54, 1.807) is 0 Å². The second-order valence-electron chi connectivity index (χ2n) is 2.60. The quantitative estimate of drug-likeness (QED) is 0.636. The van der Waals surface area contributed by atoms with Crippen LogP contribution in [-0.2, 0) is 0 Å². The molecular formula is C8H11Cl3S. The average Bonchev–Trinajstić information content (AvgIpc) is 1.98. The molecule has 0 aliphatic heterocycles. The molecule has 0 saturated carbocycles. The number of hydrogen-bond donors (Lipinski definition) is 0. The lowest BCUT2D eigenvalue weighted by Gasteiger charge is -2.02. The van der Waals surface area contributed by atoms with E-state index in [2.05, 4.69) is 20.8 Å². The van der Waals surface area contributed by atoms with Gasteiger partial charge in [-0.1, -0.05) is 45.9 Å². The summed E-state index contributed by atoms with van der Waals surface area (Å²) in [5.41, 5.74) is 2.60. The molecule has 12 heavy (non-hydrogen) atoms. The van der Waals surface area contributed by atoms with Gasteiger partial charge in [-0.15, -0.1) is 11.8 Å². The highest BCUT2D eigenvalue weighted by atomic mass is 35.5. The number of rotatable bonds is 3. The zero-order valence-corrected chi connectivity index (χ0v) is 10.3. The lowest BCUT2D eigenvalue weighted by molar-refractivity contribution is 1.24. The first-order valence-electron chi connectivity index (χ1n) is 3.41. The molecule has 0 nitrogen and oxygen atoms in total. The van der Waals surface area contributed by atoms with Crippen molar-refractivity contribution < 1.29 is 0 Å². The molecule has 4 heteroatoms. The molecule has 0 amide bonds. The zero-order valence-electron chi connectivity index (χ0n) is 7.25. The normalized spacial score (nSPS) is 9.50. The van der Waals surface area contributed by atoms with Gasteiger partial charge in [0.25, 0.3) is 0 Å². The Bertz CT molecular complexity index is 186. The van der Waals surface area contributed by atoms with Crippen LogP contribution in [0.25, 0.3) is 0 Å². The van der Waals surface area contributed by atoms with Crippen molar-refractivity contribution in [3.63, 3.8) is 0 Å².